The van der Waals surface area contributed by atoms with Gasteiger partial charge in [-0.15, -0.1) is 0 Å². The highest BCUT2D eigenvalue weighted by atomic mass is 16.5. The lowest BCUT2D eigenvalue weighted by Gasteiger charge is -2.19. The van der Waals surface area contributed by atoms with Gasteiger partial charge in [0.1, 0.15) is 0 Å². The summed E-state index contributed by atoms with van der Waals surface area (Å²) < 4.78 is 10.6. The van der Waals surface area contributed by atoms with Crippen molar-refractivity contribution >= 4 is 5.78 Å². The molecule has 15 heavy (non-hydrogen) atoms. The molecular formula is C11H19NO3. The number of nitrogens with zero attached hydrogens (tertiary/aromatic N) is 1. The lowest BCUT2D eigenvalue weighted by Crippen LogP contribution is -2.35. The first-order valence-electron chi connectivity index (χ1n) is 5.77. The van der Waals surface area contributed by atoms with E-state index in [2.05, 4.69) is 4.90 Å². The summed E-state index contributed by atoms with van der Waals surface area (Å²) >= 11 is 0. The normalized spacial score (nSPS) is 28.9. The van der Waals surface area contributed by atoms with Gasteiger partial charge in [0.25, 0.3) is 0 Å². The van der Waals surface area contributed by atoms with Crippen LogP contribution < -0.4 is 0 Å². The fourth-order valence-electron chi connectivity index (χ4n) is 2.09. The van der Waals surface area contributed by atoms with Gasteiger partial charge in [-0.2, -0.15) is 0 Å². The largest absolute Gasteiger partial charge is 0.381 e. The molecule has 4 nitrogen and oxygen atoms in total. The van der Waals surface area contributed by atoms with E-state index in [0.29, 0.717) is 18.9 Å². The monoisotopic (exact) mass is 213 g/mol. The lowest BCUT2D eigenvalue weighted by atomic mass is 10.0. The Morgan fingerprint density at radius 1 is 1.20 bits per heavy atom. The maximum atomic E-state index is 11.9. The smallest absolute Gasteiger partial charge is 0.152 e. The molecule has 86 valence electrons. The molecule has 2 rings (SSSR count). The molecular weight excluding hydrogens is 194 g/mol. The first-order chi connectivity index (χ1) is 7.36. The molecule has 0 amide bonds. The zero-order chi connectivity index (χ0) is 10.5. The van der Waals surface area contributed by atoms with Crippen molar-refractivity contribution in [2.24, 2.45) is 5.92 Å². The molecule has 0 radical (unpaired) electrons. The van der Waals surface area contributed by atoms with E-state index in [1.807, 2.05) is 0 Å². The van der Waals surface area contributed by atoms with Crippen LogP contribution >= 0.6 is 0 Å². The first-order valence-corrected chi connectivity index (χ1v) is 5.77. The van der Waals surface area contributed by atoms with Crippen LogP contribution in [0.2, 0.25) is 0 Å². The van der Waals surface area contributed by atoms with Crippen LogP contribution in [-0.2, 0) is 14.3 Å². The summed E-state index contributed by atoms with van der Waals surface area (Å²) in [6.07, 6.45) is 1.94. The van der Waals surface area contributed by atoms with Crippen molar-refractivity contribution in [2.45, 2.75) is 12.8 Å². The Balaban J connectivity index is 1.76. The lowest BCUT2D eigenvalue weighted by molar-refractivity contribution is -0.124. The molecule has 0 spiro atoms. The van der Waals surface area contributed by atoms with Crippen molar-refractivity contribution < 1.29 is 14.3 Å². The Morgan fingerprint density at radius 3 is 2.93 bits per heavy atom. The predicted molar refractivity (Wildman–Crippen MR) is 55.8 cm³/mol. The van der Waals surface area contributed by atoms with E-state index in [0.717, 1.165) is 45.8 Å². The molecule has 0 saturated carbocycles. The summed E-state index contributed by atoms with van der Waals surface area (Å²) in [5, 5.41) is 0. The quantitative estimate of drug-likeness (QED) is 0.676. The zero-order valence-electron chi connectivity index (χ0n) is 9.11. The Morgan fingerprint density at radius 2 is 2.13 bits per heavy atom. The van der Waals surface area contributed by atoms with Crippen molar-refractivity contribution in [2.75, 3.05) is 46.1 Å². The summed E-state index contributed by atoms with van der Waals surface area (Å²) in [4.78, 5) is 14.1. The van der Waals surface area contributed by atoms with E-state index in [1.165, 1.54) is 0 Å². The molecule has 2 aliphatic rings. The molecule has 4 heteroatoms. The van der Waals surface area contributed by atoms with E-state index in [9.17, 15) is 4.79 Å². The molecule has 2 fully saturated rings. The van der Waals surface area contributed by atoms with Crippen LogP contribution in [-0.4, -0.2) is 56.7 Å². The summed E-state index contributed by atoms with van der Waals surface area (Å²) in [6, 6.07) is 0. The third-order valence-corrected chi connectivity index (χ3v) is 3.08. The van der Waals surface area contributed by atoms with Crippen molar-refractivity contribution in [1.29, 1.82) is 0 Å². The molecule has 0 aliphatic carbocycles. The predicted octanol–water partition coefficient (Wildman–Crippen LogP) is 0.314. The highest BCUT2D eigenvalue weighted by Crippen LogP contribution is 2.14. The molecule has 0 aromatic rings. The fraction of sp³-hybridized carbons (Fsp3) is 0.909. The standard InChI is InChI=1S/C11H19NO3/c13-11(10-2-6-15-9-10)8-12-3-1-5-14-7-4-12/h10H,1-9H2. The third kappa shape index (κ3) is 3.26. The number of ether oxygens (including phenoxy) is 2. The highest BCUT2D eigenvalue weighted by Gasteiger charge is 2.25. The number of rotatable bonds is 3. The highest BCUT2D eigenvalue weighted by molar-refractivity contribution is 5.83. The minimum atomic E-state index is 0.147. The number of hydrogen-bond donors (Lipinski definition) is 0. The third-order valence-electron chi connectivity index (χ3n) is 3.08. The number of ketones is 1. The van der Waals surface area contributed by atoms with Crippen LogP contribution in [0, 0.1) is 5.92 Å². The van der Waals surface area contributed by atoms with E-state index in [-0.39, 0.29) is 5.92 Å². The zero-order valence-corrected chi connectivity index (χ0v) is 9.11. The van der Waals surface area contributed by atoms with Gasteiger partial charge < -0.3 is 9.47 Å². The van der Waals surface area contributed by atoms with Crippen molar-refractivity contribution in [3.63, 3.8) is 0 Å². The Labute approximate surface area is 90.5 Å². The van der Waals surface area contributed by atoms with Crippen LogP contribution in [0.25, 0.3) is 0 Å². The first kappa shape index (κ1) is 11.0. The van der Waals surface area contributed by atoms with E-state index in [1.54, 1.807) is 0 Å². The van der Waals surface area contributed by atoms with Gasteiger partial charge in [0.2, 0.25) is 0 Å². The van der Waals surface area contributed by atoms with Crippen LogP contribution in [0.4, 0.5) is 0 Å². The second kappa shape index (κ2) is 5.58. The van der Waals surface area contributed by atoms with Crippen LogP contribution in [0.15, 0.2) is 0 Å². The summed E-state index contributed by atoms with van der Waals surface area (Å²) in [5.74, 6) is 0.489. The maximum Gasteiger partial charge on any atom is 0.152 e. The molecule has 1 atom stereocenters. The van der Waals surface area contributed by atoms with E-state index >= 15 is 0 Å². The van der Waals surface area contributed by atoms with Crippen LogP contribution in [0.5, 0.6) is 0 Å². The van der Waals surface area contributed by atoms with Crippen molar-refractivity contribution in [3.8, 4) is 0 Å². The molecule has 1 unspecified atom stereocenters. The molecule has 2 heterocycles. The fourth-order valence-corrected chi connectivity index (χ4v) is 2.09. The Bertz CT molecular complexity index is 206. The second-order valence-electron chi connectivity index (χ2n) is 4.27. The number of carbonyl (C=O) groups is 1. The van der Waals surface area contributed by atoms with Gasteiger partial charge in [-0.1, -0.05) is 0 Å². The summed E-state index contributed by atoms with van der Waals surface area (Å²) in [7, 11) is 0. The van der Waals surface area contributed by atoms with Gasteiger partial charge in [0, 0.05) is 32.2 Å². The maximum absolute atomic E-state index is 11.9. The molecule has 0 N–H and O–H groups in total. The molecule has 0 aromatic carbocycles. The SMILES string of the molecule is O=C(CN1CCCOCC1)C1CCOC1. The minimum absolute atomic E-state index is 0.147. The number of carbonyl (C=O) groups excluding carboxylic acids is 1. The number of hydrogen-bond acceptors (Lipinski definition) is 4. The molecule has 2 saturated heterocycles. The van der Waals surface area contributed by atoms with Crippen molar-refractivity contribution in [1.82, 2.24) is 4.90 Å². The van der Waals surface area contributed by atoms with Gasteiger partial charge in [-0.3, -0.25) is 9.69 Å². The summed E-state index contributed by atoms with van der Waals surface area (Å²) in [5.41, 5.74) is 0. The number of Topliss-reactive ketones (excluding diaryl/α,β-unsaturated/α-hetero) is 1. The van der Waals surface area contributed by atoms with E-state index < -0.39 is 0 Å². The summed E-state index contributed by atoms with van der Waals surface area (Å²) in [6.45, 7) is 5.42. The van der Waals surface area contributed by atoms with Gasteiger partial charge in [-0.05, 0) is 12.8 Å². The average molecular weight is 213 g/mol. The molecule has 0 bridgehead atoms. The van der Waals surface area contributed by atoms with Crippen molar-refractivity contribution in [3.05, 3.63) is 0 Å². The Kier molecular flexibility index (Phi) is 4.11. The van der Waals surface area contributed by atoms with Gasteiger partial charge in [-0.25, -0.2) is 0 Å². The molecule has 0 aromatic heterocycles. The topological polar surface area (TPSA) is 38.8 Å². The van der Waals surface area contributed by atoms with Gasteiger partial charge in [0.15, 0.2) is 5.78 Å². The molecule has 2 aliphatic heterocycles. The average Bonchev–Trinajstić information content (AvgIpc) is 2.65. The van der Waals surface area contributed by atoms with E-state index in [4.69, 9.17) is 9.47 Å². The minimum Gasteiger partial charge on any atom is -0.381 e. The Hall–Kier alpha value is -0.450. The van der Waals surface area contributed by atoms with Crippen LogP contribution in [0.1, 0.15) is 12.8 Å². The van der Waals surface area contributed by atoms with Gasteiger partial charge in [0.05, 0.1) is 19.8 Å². The second-order valence-corrected chi connectivity index (χ2v) is 4.27. The van der Waals surface area contributed by atoms with Gasteiger partial charge >= 0.3 is 0 Å². The van der Waals surface area contributed by atoms with Crippen LogP contribution in [0.3, 0.4) is 0 Å².